The quantitative estimate of drug-likeness (QED) is 0.779. The number of amides is 1. The Hall–Kier alpha value is -2.13. The SMILES string of the molecule is COc1ccc(S(=O)(=O)Cl)cc1CNC(=O)c1cn[nH]n1. The summed E-state index contributed by atoms with van der Waals surface area (Å²) in [5, 5.41) is 12.0. The number of nitrogens with one attached hydrogen (secondary N) is 2. The Morgan fingerprint density at radius 2 is 2.24 bits per heavy atom. The third kappa shape index (κ3) is 3.70. The van der Waals surface area contributed by atoms with E-state index in [9.17, 15) is 13.2 Å². The Balaban J connectivity index is 2.20. The summed E-state index contributed by atoms with van der Waals surface area (Å²) in [6.07, 6.45) is 1.27. The van der Waals surface area contributed by atoms with Gasteiger partial charge in [-0.05, 0) is 18.2 Å². The summed E-state index contributed by atoms with van der Waals surface area (Å²) in [6, 6.07) is 4.13. The molecule has 0 saturated carbocycles. The first-order chi connectivity index (χ1) is 9.91. The van der Waals surface area contributed by atoms with Crippen molar-refractivity contribution < 1.29 is 17.9 Å². The highest BCUT2D eigenvalue weighted by Crippen LogP contribution is 2.24. The second-order valence-electron chi connectivity index (χ2n) is 3.95. The number of rotatable bonds is 5. The highest BCUT2D eigenvalue weighted by Gasteiger charge is 2.15. The van der Waals surface area contributed by atoms with Crippen molar-refractivity contribution in [3.8, 4) is 5.75 Å². The standard InChI is InChI=1S/C11H11ClN4O4S/c1-20-10-3-2-8(21(12,18)19)4-7(10)5-13-11(17)9-6-14-16-15-9/h2-4,6H,5H2,1H3,(H,13,17)(H,14,15,16). The van der Waals surface area contributed by atoms with Crippen molar-refractivity contribution >= 4 is 25.6 Å². The van der Waals surface area contributed by atoms with Gasteiger partial charge in [0.1, 0.15) is 5.75 Å². The minimum Gasteiger partial charge on any atom is -0.496 e. The van der Waals surface area contributed by atoms with Gasteiger partial charge in [0.2, 0.25) is 0 Å². The number of hydrogen-bond acceptors (Lipinski definition) is 6. The number of hydrogen-bond donors (Lipinski definition) is 2. The van der Waals surface area contributed by atoms with Crippen LogP contribution in [0.2, 0.25) is 0 Å². The Bertz CT molecular complexity index is 746. The number of aromatic nitrogens is 3. The summed E-state index contributed by atoms with van der Waals surface area (Å²) < 4.78 is 27.8. The summed E-state index contributed by atoms with van der Waals surface area (Å²) >= 11 is 0. The van der Waals surface area contributed by atoms with Crippen LogP contribution >= 0.6 is 10.7 Å². The van der Waals surface area contributed by atoms with Gasteiger partial charge in [0, 0.05) is 22.8 Å². The molecule has 21 heavy (non-hydrogen) atoms. The fraction of sp³-hybridized carbons (Fsp3) is 0.182. The van der Waals surface area contributed by atoms with Gasteiger partial charge in [-0.15, -0.1) is 0 Å². The van der Waals surface area contributed by atoms with Gasteiger partial charge in [0.25, 0.3) is 15.0 Å². The van der Waals surface area contributed by atoms with Crippen molar-refractivity contribution in [1.82, 2.24) is 20.7 Å². The van der Waals surface area contributed by atoms with E-state index in [0.717, 1.165) is 0 Å². The molecular formula is C11H11ClN4O4S. The maximum absolute atomic E-state index is 11.7. The zero-order chi connectivity index (χ0) is 15.5. The molecule has 112 valence electrons. The smallest absolute Gasteiger partial charge is 0.273 e. The second kappa shape index (κ2) is 6.10. The molecule has 1 aromatic heterocycles. The van der Waals surface area contributed by atoms with E-state index in [-0.39, 0.29) is 17.1 Å². The van der Waals surface area contributed by atoms with Crippen molar-refractivity contribution in [2.24, 2.45) is 0 Å². The van der Waals surface area contributed by atoms with E-state index in [1.54, 1.807) is 0 Å². The highest BCUT2D eigenvalue weighted by molar-refractivity contribution is 8.13. The van der Waals surface area contributed by atoms with Crippen LogP contribution in [-0.4, -0.2) is 36.8 Å². The van der Waals surface area contributed by atoms with E-state index in [4.69, 9.17) is 15.4 Å². The van der Waals surface area contributed by atoms with Gasteiger partial charge in [0.05, 0.1) is 18.2 Å². The lowest BCUT2D eigenvalue weighted by Gasteiger charge is -2.10. The molecule has 1 aromatic carbocycles. The van der Waals surface area contributed by atoms with Crippen LogP contribution in [0.3, 0.4) is 0 Å². The van der Waals surface area contributed by atoms with Crippen molar-refractivity contribution in [2.45, 2.75) is 11.4 Å². The lowest BCUT2D eigenvalue weighted by Crippen LogP contribution is -2.23. The zero-order valence-electron chi connectivity index (χ0n) is 10.8. The number of ether oxygens (including phenoxy) is 1. The molecule has 0 unspecified atom stereocenters. The molecule has 0 atom stereocenters. The van der Waals surface area contributed by atoms with Gasteiger partial charge in [-0.2, -0.15) is 15.4 Å². The monoisotopic (exact) mass is 330 g/mol. The topological polar surface area (TPSA) is 114 Å². The van der Waals surface area contributed by atoms with Gasteiger partial charge >= 0.3 is 0 Å². The normalized spacial score (nSPS) is 11.1. The molecule has 10 heteroatoms. The zero-order valence-corrected chi connectivity index (χ0v) is 12.4. The molecule has 0 aliphatic rings. The molecule has 8 nitrogen and oxygen atoms in total. The molecule has 0 radical (unpaired) electrons. The van der Waals surface area contributed by atoms with Crippen molar-refractivity contribution in [1.29, 1.82) is 0 Å². The maximum Gasteiger partial charge on any atom is 0.273 e. The molecule has 2 N–H and O–H groups in total. The third-order valence-corrected chi connectivity index (χ3v) is 3.97. The summed E-state index contributed by atoms with van der Waals surface area (Å²) in [4.78, 5) is 11.7. The van der Waals surface area contributed by atoms with Gasteiger partial charge in [-0.3, -0.25) is 4.79 Å². The fourth-order valence-electron chi connectivity index (χ4n) is 1.62. The number of H-pyrrole nitrogens is 1. The number of carbonyl (C=O) groups excluding carboxylic acids is 1. The molecule has 2 rings (SSSR count). The largest absolute Gasteiger partial charge is 0.496 e. The van der Waals surface area contributed by atoms with Crippen LogP contribution in [-0.2, 0) is 15.6 Å². The second-order valence-corrected chi connectivity index (χ2v) is 6.52. The van der Waals surface area contributed by atoms with Crippen molar-refractivity contribution in [3.63, 3.8) is 0 Å². The first kappa shape index (κ1) is 15.3. The molecule has 1 amide bonds. The molecule has 0 saturated heterocycles. The number of halogens is 1. The number of aromatic amines is 1. The van der Waals surface area contributed by atoms with Crippen molar-refractivity contribution in [3.05, 3.63) is 35.7 Å². The van der Waals surface area contributed by atoms with Crippen LogP contribution in [0.25, 0.3) is 0 Å². The Morgan fingerprint density at radius 3 is 2.81 bits per heavy atom. The first-order valence-electron chi connectivity index (χ1n) is 5.67. The van der Waals surface area contributed by atoms with Gasteiger partial charge in [0.15, 0.2) is 5.69 Å². The van der Waals surface area contributed by atoms with Crippen LogP contribution in [0.1, 0.15) is 16.1 Å². The maximum atomic E-state index is 11.7. The lowest BCUT2D eigenvalue weighted by atomic mass is 10.2. The van der Waals surface area contributed by atoms with Crippen LogP contribution < -0.4 is 10.1 Å². The number of benzene rings is 1. The first-order valence-corrected chi connectivity index (χ1v) is 7.98. The van der Waals surface area contributed by atoms with Crippen molar-refractivity contribution in [2.75, 3.05) is 7.11 Å². The Labute approximate surface area is 124 Å². The number of nitrogens with zero attached hydrogens (tertiary/aromatic N) is 2. The van der Waals surface area contributed by atoms with Gasteiger partial charge in [-0.1, -0.05) is 0 Å². The van der Waals surface area contributed by atoms with E-state index in [1.807, 2.05) is 0 Å². The molecule has 0 aliphatic carbocycles. The molecular weight excluding hydrogens is 320 g/mol. The highest BCUT2D eigenvalue weighted by atomic mass is 35.7. The minimum atomic E-state index is -3.86. The third-order valence-electron chi connectivity index (χ3n) is 2.62. The summed E-state index contributed by atoms with van der Waals surface area (Å²) in [5.41, 5.74) is 0.589. The number of methoxy groups -OCH3 is 1. The molecule has 0 fully saturated rings. The van der Waals surface area contributed by atoms with Crippen LogP contribution in [0, 0.1) is 0 Å². The molecule has 0 bridgehead atoms. The molecule has 0 spiro atoms. The van der Waals surface area contributed by atoms with Gasteiger partial charge in [-0.25, -0.2) is 8.42 Å². The minimum absolute atomic E-state index is 0.0507. The van der Waals surface area contributed by atoms with E-state index in [2.05, 4.69) is 20.7 Å². The van der Waals surface area contributed by atoms with E-state index in [1.165, 1.54) is 31.5 Å². The summed E-state index contributed by atoms with van der Waals surface area (Å²) in [6.45, 7) is 0.0507. The van der Waals surface area contributed by atoms with E-state index in [0.29, 0.717) is 11.3 Å². The fourth-order valence-corrected chi connectivity index (χ4v) is 2.42. The van der Waals surface area contributed by atoms with Crippen LogP contribution in [0.15, 0.2) is 29.3 Å². The van der Waals surface area contributed by atoms with Crippen LogP contribution in [0.4, 0.5) is 0 Å². The van der Waals surface area contributed by atoms with E-state index < -0.39 is 15.0 Å². The van der Waals surface area contributed by atoms with E-state index >= 15 is 0 Å². The lowest BCUT2D eigenvalue weighted by molar-refractivity contribution is 0.0945. The molecule has 2 aromatic rings. The van der Waals surface area contributed by atoms with Gasteiger partial charge < -0.3 is 10.1 Å². The van der Waals surface area contributed by atoms with Crippen LogP contribution in [0.5, 0.6) is 5.75 Å². The Kier molecular flexibility index (Phi) is 4.43. The predicted octanol–water partition coefficient (Wildman–Crippen LogP) is 0.671. The summed E-state index contributed by atoms with van der Waals surface area (Å²) in [5.74, 6) is -0.0237. The average molecular weight is 331 g/mol. The number of carbonyl (C=O) groups is 1. The summed E-state index contributed by atoms with van der Waals surface area (Å²) in [7, 11) is 2.87. The Morgan fingerprint density at radius 1 is 1.48 bits per heavy atom. The predicted molar refractivity (Wildman–Crippen MR) is 73.6 cm³/mol. The average Bonchev–Trinajstić information content (AvgIpc) is 2.97. The molecule has 0 aliphatic heterocycles. The molecule has 1 heterocycles.